The maximum absolute atomic E-state index is 3.43. The molecule has 106 valence electrons. The fraction of sp³-hybridized carbons (Fsp3) is 1.00. The molecule has 17 heavy (non-hydrogen) atoms. The summed E-state index contributed by atoms with van der Waals surface area (Å²) in [7, 11) is 2.24. The van der Waals surface area contributed by atoms with E-state index in [9.17, 15) is 0 Å². The van der Waals surface area contributed by atoms with E-state index in [1.807, 2.05) is 0 Å². The zero-order chi connectivity index (χ0) is 9.97. The van der Waals surface area contributed by atoms with Crippen LogP contribution in [0.15, 0.2) is 0 Å². The first-order valence-electron chi connectivity index (χ1n) is 5.90. The van der Waals surface area contributed by atoms with Crippen LogP contribution in [0, 0.1) is 5.92 Å². The first-order valence-corrected chi connectivity index (χ1v) is 5.90. The van der Waals surface area contributed by atoms with Crippen molar-refractivity contribution in [3.8, 4) is 0 Å². The van der Waals surface area contributed by atoms with Crippen LogP contribution < -0.4 is 5.32 Å². The normalized spacial score (nSPS) is 30.7. The number of likely N-dealkylation sites (tertiary alicyclic amines) is 1. The van der Waals surface area contributed by atoms with Crippen LogP contribution >= 0.6 is 37.2 Å². The van der Waals surface area contributed by atoms with Crippen molar-refractivity contribution in [2.75, 3.05) is 46.3 Å². The summed E-state index contributed by atoms with van der Waals surface area (Å²) in [4.78, 5) is 5.15. The molecule has 0 aromatic rings. The van der Waals surface area contributed by atoms with Crippen LogP contribution in [0.3, 0.4) is 0 Å². The highest BCUT2D eigenvalue weighted by molar-refractivity contribution is 5.86. The quantitative estimate of drug-likeness (QED) is 0.792. The maximum Gasteiger partial charge on any atom is 0.0146 e. The van der Waals surface area contributed by atoms with E-state index in [0.29, 0.717) is 0 Å². The average Bonchev–Trinajstić information content (AvgIpc) is 2.19. The van der Waals surface area contributed by atoms with Gasteiger partial charge in [0.05, 0.1) is 0 Å². The van der Waals surface area contributed by atoms with Gasteiger partial charge in [-0.05, 0) is 25.9 Å². The Bertz CT molecular complexity index is 189. The lowest BCUT2D eigenvalue weighted by Crippen LogP contribution is -2.54. The lowest BCUT2D eigenvalue weighted by Gasteiger charge is -2.43. The van der Waals surface area contributed by atoms with Gasteiger partial charge in [-0.3, -0.25) is 4.90 Å². The van der Waals surface area contributed by atoms with Gasteiger partial charge in [-0.1, -0.05) is 6.92 Å². The smallest absolute Gasteiger partial charge is 0.0146 e. The molecule has 2 atom stereocenters. The minimum absolute atomic E-state index is 0. The topological polar surface area (TPSA) is 18.5 Å². The van der Waals surface area contributed by atoms with Gasteiger partial charge in [0.15, 0.2) is 0 Å². The first-order chi connectivity index (χ1) is 6.77. The molecule has 0 spiro atoms. The summed E-state index contributed by atoms with van der Waals surface area (Å²) in [6.45, 7) is 9.81. The minimum Gasteiger partial charge on any atom is -0.314 e. The lowest BCUT2D eigenvalue weighted by molar-refractivity contribution is 0.0665. The predicted molar refractivity (Wildman–Crippen MR) is 81.3 cm³/mol. The van der Waals surface area contributed by atoms with Crippen molar-refractivity contribution in [3.63, 3.8) is 0 Å². The van der Waals surface area contributed by atoms with E-state index in [1.54, 1.807) is 0 Å². The van der Waals surface area contributed by atoms with Crippen molar-refractivity contribution >= 4 is 37.2 Å². The van der Waals surface area contributed by atoms with Gasteiger partial charge in [-0.2, -0.15) is 0 Å². The fourth-order valence-corrected chi connectivity index (χ4v) is 2.90. The van der Waals surface area contributed by atoms with E-state index >= 15 is 0 Å². The Morgan fingerprint density at radius 3 is 2.12 bits per heavy atom. The second-order valence-electron chi connectivity index (χ2n) is 4.88. The molecule has 2 aliphatic heterocycles. The van der Waals surface area contributed by atoms with E-state index in [0.717, 1.165) is 12.0 Å². The van der Waals surface area contributed by atoms with E-state index < -0.39 is 0 Å². The molecule has 0 saturated carbocycles. The van der Waals surface area contributed by atoms with Gasteiger partial charge in [-0.25, -0.2) is 0 Å². The highest BCUT2D eigenvalue weighted by atomic mass is 35.5. The number of halogens is 3. The third-order valence-electron chi connectivity index (χ3n) is 3.68. The van der Waals surface area contributed by atoms with Crippen LogP contribution in [0.5, 0.6) is 0 Å². The van der Waals surface area contributed by atoms with E-state index in [2.05, 4.69) is 29.1 Å². The number of piperazine rings is 1. The molecule has 2 unspecified atom stereocenters. The molecular formula is C11H26Cl3N3. The molecule has 2 rings (SSSR count). The number of nitrogens with one attached hydrogen (secondary N) is 1. The van der Waals surface area contributed by atoms with Crippen LogP contribution in [-0.2, 0) is 0 Å². The highest BCUT2D eigenvalue weighted by Gasteiger charge is 2.29. The number of hydrogen-bond acceptors (Lipinski definition) is 3. The highest BCUT2D eigenvalue weighted by Crippen LogP contribution is 2.21. The summed E-state index contributed by atoms with van der Waals surface area (Å²) in [5.41, 5.74) is 0. The minimum atomic E-state index is 0. The van der Waals surface area contributed by atoms with Gasteiger partial charge >= 0.3 is 0 Å². The number of piperidine rings is 1. The summed E-state index contributed by atoms with van der Waals surface area (Å²) < 4.78 is 0. The third kappa shape index (κ3) is 5.50. The van der Waals surface area contributed by atoms with E-state index in [1.165, 1.54) is 45.7 Å². The summed E-state index contributed by atoms with van der Waals surface area (Å²) in [6, 6.07) is 0.841. The second-order valence-corrected chi connectivity index (χ2v) is 4.88. The number of hydrogen-bond donors (Lipinski definition) is 1. The Hall–Kier alpha value is 0.750. The molecule has 0 radical (unpaired) electrons. The Balaban J connectivity index is 0. The number of nitrogens with zero attached hydrogens (tertiary/aromatic N) is 2. The SMILES string of the molecule is CC1CN(C)CCC1N1CCNCC1.Cl.Cl.Cl. The molecule has 0 amide bonds. The lowest BCUT2D eigenvalue weighted by atomic mass is 9.92. The molecule has 1 N–H and O–H groups in total. The standard InChI is InChI=1S/C11H23N3.3ClH/c1-10-9-13(2)6-3-11(10)14-7-4-12-5-8-14;;;/h10-12H,3-9H2,1-2H3;3*1H. The van der Waals surface area contributed by atoms with Crippen molar-refractivity contribution in [2.24, 2.45) is 5.92 Å². The predicted octanol–water partition coefficient (Wildman–Crippen LogP) is 1.50. The monoisotopic (exact) mass is 305 g/mol. The van der Waals surface area contributed by atoms with Gasteiger partial charge < -0.3 is 10.2 Å². The van der Waals surface area contributed by atoms with Crippen LogP contribution in [-0.4, -0.2) is 62.2 Å². The van der Waals surface area contributed by atoms with E-state index in [-0.39, 0.29) is 37.2 Å². The molecule has 0 aromatic heterocycles. The zero-order valence-corrected chi connectivity index (χ0v) is 13.2. The fourth-order valence-electron chi connectivity index (χ4n) is 2.90. The van der Waals surface area contributed by atoms with Crippen molar-refractivity contribution in [3.05, 3.63) is 0 Å². The maximum atomic E-state index is 3.43. The molecule has 0 bridgehead atoms. The molecule has 2 saturated heterocycles. The van der Waals surface area contributed by atoms with Gasteiger partial charge in [0, 0.05) is 38.8 Å². The van der Waals surface area contributed by atoms with E-state index in [4.69, 9.17) is 0 Å². The molecule has 2 aliphatic rings. The van der Waals surface area contributed by atoms with Gasteiger partial charge in [0.1, 0.15) is 0 Å². The van der Waals surface area contributed by atoms with Crippen molar-refractivity contribution < 1.29 is 0 Å². The molecule has 0 aromatic carbocycles. The van der Waals surface area contributed by atoms with Crippen LogP contribution in [0.25, 0.3) is 0 Å². The largest absolute Gasteiger partial charge is 0.314 e. The second kappa shape index (κ2) is 9.65. The molecule has 2 fully saturated rings. The molecule has 0 aliphatic carbocycles. The molecule has 3 nitrogen and oxygen atoms in total. The van der Waals surface area contributed by atoms with Gasteiger partial charge in [-0.15, -0.1) is 37.2 Å². The Labute approximate surface area is 124 Å². The molecule has 6 heteroatoms. The summed E-state index contributed by atoms with van der Waals surface area (Å²) in [5, 5.41) is 3.43. The van der Waals surface area contributed by atoms with Crippen molar-refractivity contribution in [2.45, 2.75) is 19.4 Å². The summed E-state index contributed by atoms with van der Waals surface area (Å²) in [6.07, 6.45) is 1.36. The van der Waals surface area contributed by atoms with Crippen LogP contribution in [0.4, 0.5) is 0 Å². The third-order valence-corrected chi connectivity index (χ3v) is 3.68. The molecular weight excluding hydrogens is 281 g/mol. The van der Waals surface area contributed by atoms with Gasteiger partial charge in [0.2, 0.25) is 0 Å². The molecule has 2 heterocycles. The van der Waals surface area contributed by atoms with Gasteiger partial charge in [0.25, 0.3) is 0 Å². The Morgan fingerprint density at radius 2 is 1.59 bits per heavy atom. The summed E-state index contributed by atoms with van der Waals surface area (Å²) >= 11 is 0. The Morgan fingerprint density at radius 1 is 1.00 bits per heavy atom. The Kier molecular flexibility index (Phi) is 11.4. The summed E-state index contributed by atoms with van der Waals surface area (Å²) in [5.74, 6) is 0.840. The number of rotatable bonds is 1. The zero-order valence-electron chi connectivity index (χ0n) is 10.7. The van der Waals surface area contributed by atoms with Crippen LogP contribution in [0.2, 0.25) is 0 Å². The average molecular weight is 307 g/mol. The van der Waals surface area contributed by atoms with Crippen LogP contribution in [0.1, 0.15) is 13.3 Å². The first kappa shape index (κ1) is 20.1. The van der Waals surface area contributed by atoms with Crippen molar-refractivity contribution in [1.29, 1.82) is 0 Å². The van der Waals surface area contributed by atoms with Crippen molar-refractivity contribution in [1.82, 2.24) is 15.1 Å².